The summed E-state index contributed by atoms with van der Waals surface area (Å²) < 4.78 is 81.3. The van der Waals surface area contributed by atoms with Gasteiger partial charge in [0, 0.05) is 12.3 Å². The van der Waals surface area contributed by atoms with E-state index < -0.39 is 29.7 Å². The average Bonchev–Trinajstić information content (AvgIpc) is 3.85. The summed E-state index contributed by atoms with van der Waals surface area (Å²) in [6, 6.07) is 13.6. The van der Waals surface area contributed by atoms with Crippen LogP contribution in [0.25, 0.3) is 0 Å². The highest BCUT2D eigenvalue weighted by molar-refractivity contribution is 6.07. The molecular weight excluding hydrogens is 751 g/mol. The molecule has 0 radical (unpaired) electrons. The van der Waals surface area contributed by atoms with Crippen LogP contribution < -0.4 is 24.6 Å². The summed E-state index contributed by atoms with van der Waals surface area (Å²) in [6.07, 6.45) is 1.12. The summed E-state index contributed by atoms with van der Waals surface area (Å²) in [5.74, 6) is 0.314. The number of carbonyl (C=O) groups is 2. The molecule has 5 aromatic rings. The van der Waals surface area contributed by atoms with E-state index in [2.05, 4.69) is 15.3 Å². The highest BCUT2D eigenvalue weighted by Crippen LogP contribution is 2.44. The van der Waals surface area contributed by atoms with Gasteiger partial charge in [-0.2, -0.15) is 13.2 Å². The van der Waals surface area contributed by atoms with Crippen LogP contribution in [0.3, 0.4) is 0 Å². The Labute approximate surface area is 324 Å². The number of oxazole rings is 2. The van der Waals surface area contributed by atoms with Gasteiger partial charge in [0.2, 0.25) is 0 Å². The van der Waals surface area contributed by atoms with Crippen molar-refractivity contribution in [1.82, 2.24) is 9.97 Å². The second kappa shape index (κ2) is 15.8. The molecule has 0 bridgehead atoms. The smallest absolute Gasteiger partial charge is 0.416 e. The molecule has 1 N–H and O–H groups in total. The lowest BCUT2D eigenvalue weighted by Gasteiger charge is -2.37. The number of esters is 1. The number of benzene rings is 3. The number of nitrogens with zero attached hydrogens (tertiary/aromatic N) is 4. The average molecular weight is 790 g/mol. The third kappa shape index (κ3) is 7.97. The molecule has 298 valence electrons. The van der Waals surface area contributed by atoms with Crippen LogP contribution in [0.4, 0.5) is 42.3 Å². The van der Waals surface area contributed by atoms with E-state index in [9.17, 15) is 22.8 Å². The molecule has 2 aromatic heterocycles. The highest BCUT2D eigenvalue weighted by atomic mass is 19.4. The van der Waals surface area contributed by atoms with Crippen molar-refractivity contribution in [2.75, 3.05) is 48.2 Å². The Morgan fingerprint density at radius 2 is 1.40 bits per heavy atom. The first-order valence-corrected chi connectivity index (χ1v) is 18.4. The largest absolute Gasteiger partial charge is 0.488 e. The van der Waals surface area contributed by atoms with Crippen molar-refractivity contribution in [2.45, 2.75) is 57.7 Å². The molecule has 14 nitrogen and oxygen atoms in total. The van der Waals surface area contributed by atoms with Crippen LogP contribution in [-0.2, 0) is 20.4 Å². The number of ether oxygens (including phenoxy) is 5. The number of nitrogens with one attached hydrogen (secondary N) is 1. The molecule has 3 aliphatic rings. The van der Waals surface area contributed by atoms with Crippen molar-refractivity contribution < 1.29 is 55.3 Å². The van der Waals surface area contributed by atoms with E-state index in [1.807, 2.05) is 4.90 Å². The van der Waals surface area contributed by atoms with E-state index >= 15 is 0 Å². The lowest BCUT2D eigenvalue weighted by atomic mass is 10.1. The van der Waals surface area contributed by atoms with Crippen LogP contribution >= 0.6 is 0 Å². The fourth-order valence-corrected chi connectivity index (χ4v) is 6.90. The molecule has 1 unspecified atom stereocenters. The zero-order valence-corrected chi connectivity index (χ0v) is 30.9. The second-order valence-corrected chi connectivity index (χ2v) is 13.7. The van der Waals surface area contributed by atoms with Gasteiger partial charge in [-0.15, -0.1) is 0 Å². The molecule has 0 spiro atoms. The number of rotatable bonds is 10. The van der Waals surface area contributed by atoms with Gasteiger partial charge in [0.25, 0.3) is 5.91 Å². The number of para-hydroxylation sites is 2. The lowest BCUT2D eigenvalue weighted by Crippen LogP contribution is -2.45. The lowest BCUT2D eigenvalue weighted by molar-refractivity contribution is -0.165. The number of hydrogen-bond donors (Lipinski definition) is 1. The van der Waals surface area contributed by atoms with Crippen LogP contribution in [-0.4, -0.2) is 73.3 Å². The number of aryl methyl sites for hydroxylation is 2. The maximum absolute atomic E-state index is 13.9. The normalized spacial score (nSPS) is 19.2. The number of amides is 1. The minimum atomic E-state index is -4.52. The van der Waals surface area contributed by atoms with Gasteiger partial charge in [-0.25, -0.2) is 14.8 Å². The Hall–Kier alpha value is -6.07. The number of alkyl halides is 3. The van der Waals surface area contributed by atoms with Crippen LogP contribution in [0.1, 0.15) is 57.1 Å². The van der Waals surface area contributed by atoms with Gasteiger partial charge in [0.05, 0.1) is 47.5 Å². The van der Waals surface area contributed by atoms with E-state index in [4.69, 9.17) is 32.5 Å². The van der Waals surface area contributed by atoms with Crippen LogP contribution in [0.5, 0.6) is 11.5 Å². The fraction of sp³-hybridized carbons (Fsp3) is 0.350. The maximum Gasteiger partial charge on any atom is 0.416 e. The van der Waals surface area contributed by atoms with Crippen molar-refractivity contribution >= 4 is 41.0 Å². The molecule has 3 aliphatic heterocycles. The number of aromatic nitrogens is 2. The van der Waals surface area contributed by atoms with Gasteiger partial charge in [-0.3, -0.25) is 14.6 Å². The fourth-order valence-electron chi connectivity index (χ4n) is 6.90. The first kappa shape index (κ1) is 37.8. The maximum atomic E-state index is 13.9. The predicted octanol–water partition coefficient (Wildman–Crippen LogP) is 7.75. The quantitative estimate of drug-likeness (QED) is 0.138. The zero-order chi connectivity index (χ0) is 39.7. The van der Waals surface area contributed by atoms with Crippen molar-refractivity contribution in [2.24, 2.45) is 0 Å². The van der Waals surface area contributed by atoms with Gasteiger partial charge in [-0.1, -0.05) is 12.1 Å². The van der Waals surface area contributed by atoms with E-state index in [0.717, 1.165) is 31.4 Å². The minimum Gasteiger partial charge on any atom is -0.488 e. The molecule has 17 heteroatoms. The summed E-state index contributed by atoms with van der Waals surface area (Å²) in [5.41, 5.74) is 0.554. The van der Waals surface area contributed by atoms with Gasteiger partial charge < -0.3 is 37.8 Å². The Morgan fingerprint density at radius 3 is 1.96 bits per heavy atom. The van der Waals surface area contributed by atoms with Crippen molar-refractivity contribution in [3.05, 3.63) is 101 Å². The van der Waals surface area contributed by atoms with E-state index in [0.29, 0.717) is 35.5 Å². The summed E-state index contributed by atoms with van der Waals surface area (Å²) in [6.45, 7) is 4.34. The first-order chi connectivity index (χ1) is 27.5. The monoisotopic (exact) mass is 789 g/mol. The Balaban J connectivity index is 1.02. The molecule has 0 saturated carbocycles. The van der Waals surface area contributed by atoms with Crippen molar-refractivity contribution in [3.63, 3.8) is 0 Å². The SMILES string of the molecule is Cc1cnc(N2c3cccc(C(=O)OC[C@@H]4COc5c(C(=O)Nc6ccc(C(F)(F)F)cc6)cccc5N4c4ncc(C)o4)c3OCC2CO[C@H]2CCCCO2)o1. The molecule has 1 amide bonds. The summed E-state index contributed by atoms with van der Waals surface area (Å²) >= 11 is 0. The van der Waals surface area contributed by atoms with E-state index in [-0.39, 0.29) is 73.1 Å². The highest BCUT2D eigenvalue weighted by Gasteiger charge is 2.38. The predicted molar refractivity (Wildman–Crippen MR) is 197 cm³/mol. The zero-order valence-electron chi connectivity index (χ0n) is 30.9. The molecule has 57 heavy (non-hydrogen) atoms. The Kier molecular flexibility index (Phi) is 10.5. The third-order valence-electron chi connectivity index (χ3n) is 9.66. The van der Waals surface area contributed by atoms with E-state index in [1.54, 1.807) is 55.3 Å². The van der Waals surface area contributed by atoms with Crippen molar-refractivity contribution in [1.29, 1.82) is 0 Å². The van der Waals surface area contributed by atoms with Gasteiger partial charge in [0.1, 0.15) is 42.9 Å². The summed E-state index contributed by atoms with van der Waals surface area (Å²) in [4.78, 5) is 39.7. The first-order valence-electron chi connectivity index (χ1n) is 18.4. The van der Waals surface area contributed by atoms with Gasteiger partial charge in [-0.05, 0) is 81.6 Å². The number of anilines is 5. The minimum absolute atomic E-state index is 0.0562. The van der Waals surface area contributed by atoms with Crippen LogP contribution in [0.2, 0.25) is 0 Å². The molecule has 0 aliphatic carbocycles. The third-order valence-corrected chi connectivity index (χ3v) is 9.66. The Morgan fingerprint density at radius 1 is 0.807 bits per heavy atom. The molecule has 1 saturated heterocycles. The standard InChI is InChI=1S/C40H38F3N5O9/c1-23-17-44-38(56-23)47-27(19-52-33-11-3-4-16-51-33)20-54-35-30(8-6-10-32(35)47)37(50)55-22-28-21-53-34-29(7-5-9-31(34)48(28)39-45-18-24(2)57-39)36(49)46-26-14-12-25(13-15-26)40(41,42)43/h5-10,12-15,17-18,27-28,33H,3-4,11,16,19-22H2,1-2H3,(H,46,49)/t27?,28-,33-/m0/s1. The number of hydrogen-bond acceptors (Lipinski definition) is 13. The summed E-state index contributed by atoms with van der Waals surface area (Å²) in [7, 11) is 0. The molecule has 1 fully saturated rings. The topological polar surface area (TPSA) is 151 Å². The Bertz CT molecular complexity index is 2240. The number of carbonyl (C=O) groups excluding carboxylic acids is 2. The summed E-state index contributed by atoms with van der Waals surface area (Å²) in [5, 5.41) is 2.63. The van der Waals surface area contributed by atoms with Gasteiger partial charge >= 0.3 is 24.2 Å². The molecule has 3 aromatic carbocycles. The molecule has 8 rings (SSSR count). The number of halogens is 3. The van der Waals surface area contributed by atoms with Crippen LogP contribution in [0, 0.1) is 13.8 Å². The molecular formula is C40H38F3N5O9. The van der Waals surface area contributed by atoms with E-state index in [1.165, 1.54) is 24.4 Å². The molecule has 3 atom stereocenters. The van der Waals surface area contributed by atoms with Gasteiger partial charge in [0.15, 0.2) is 17.8 Å². The second-order valence-electron chi connectivity index (χ2n) is 13.7. The van der Waals surface area contributed by atoms with Crippen molar-refractivity contribution in [3.8, 4) is 11.5 Å². The number of fused-ring (bicyclic) bond motifs is 2. The molecule has 5 heterocycles. The van der Waals surface area contributed by atoms with Crippen LogP contribution in [0.15, 0.2) is 81.9 Å².